The lowest BCUT2D eigenvalue weighted by molar-refractivity contribution is -0.135. The molecular formula is C21H19F2N3O2S. The average Bonchev–Trinajstić information content (AvgIpc) is 3.26. The third kappa shape index (κ3) is 2.48. The predicted octanol–water partition coefficient (Wildman–Crippen LogP) is 3.43. The Kier molecular flexibility index (Phi) is 4.02. The Bertz CT molecular complexity index is 1040. The van der Waals surface area contributed by atoms with E-state index in [0.717, 1.165) is 18.1 Å². The third-order valence-electron chi connectivity index (χ3n) is 6.07. The molecule has 2 unspecified atom stereocenters. The summed E-state index contributed by atoms with van der Waals surface area (Å²) in [5.41, 5.74) is 6.74. The largest absolute Gasteiger partial charge is 0.492 e. The van der Waals surface area contributed by atoms with Crippen LogP contribution in [0.4, 0.5) is 8.78 Å². The molecule has 1 aliphatic carbocycles. The van der Waals surface area contributed by atoms with Crippen molar-refractivity contribution in [3.63, 3.8) is 0 Å². The van der Waals surface area contributed by atoms with Gasteiger partial charge in [0.05, 0.1) is 6.61 Å². The molecule has 1 amide bonds. The number of amides is 1. The first kappa shape index (κ1) is 18.6. The van der Waals surface area contributed by atoms with Crippen LogP contribution in [0.25, 0.3) is 0 Å². The van der Waals surface area contributed by atoms with E-state index >= 15 is 0 Å². The van der Waals surface area contributed by atoms with Crippen molar-refractivity contribution in [3.05, 3.63) is 65.2 Å². The summed E-state index contributed by atoms with van der Waals surface area (Å²) >= 11 is 1.36. The molecule has 2 N–H and O–H groups in total. The van der Waals surface area contributed by atoms with Gasteiger partial charge in [-0.1, -0.05) is 30.0 Å². The van der Waals surface area contributed by atoms with Crippen molar-refractivity contribution in [1.29, 1.82) is 0 Å². The summed E-state index contributed by atoms with van der Waals surface area (Å²) in [6.07, 6.45) is 0.787. The molecule has 150 valence electrons. The fourth-order valence-electron chi connectivity index (χ4n) is 4.66. The van der Waals surface area contributed by atoms with Crippen molar-refractivity contribution in [2.24, 2.45) is 22.2 Å². The molecule has 5 nitrogen and oxygen atoms in total. The monoisotopic (exact) mass is 415 g/mol. The number of ether oxygens (including phenoxy) is 1. The molecule has 0 saturated heterocycles. The molecule has 2 aromatic rings. The van der Waals surface area contributed by atoms with Crippen LogP contribution in [-0.2, 0) is 9.67 Å². The molecule has 3 atom stereocenters. The van der Waals surface area contributed by atoms with Crippen molar-refractivity contribution >= 4 is 22.7 Å². The van der Waals surface area contributed by atoms with Gasteiger partial charge in [-0.25, -0.2) is 13.8 Å². The average molecular weight is 415 g/mol. The van der Waals surface area contributed by atoms with E-state index < -0.39 is 21.9 Å². The minimum atomic E-state index is -0.865. The molecule has 5 rings (SSSR count). The lowest BCUT2D eigenvalue weighted by Gasteiger charge is -2.46. The highest BCUT2D eigenvalue weighted by Gasteiger charge is 2.74. The van der Waals surface area contributed by atoms with E-state index in [-0.39, 0.29) is 11.8 Å². The Morgan fingerprint density at radius 1 is 1.31 bits per heavy atom. The van der Waals surface area contributed by atoms with Gasteiger partial charge in [-0.15, -0.1) is 0 Å². The second-order valence-corrected chi connectivity index (χ2v) is 8.90. The number of hydrogen-bond acceptors (Lipinski definition) is 5. The highest BCUT2D eigenvalue weighted by Crippen LogP contribution is 2.73. The summed E-state index contributed by atoms with van der Waals surface area (Å²) in [7, 11) is 0. The molecule has 1 fully saturated rings. The lowest BCUT2D eigenvalue weighted by Crippen LogP contribution is -2.53. The number of hydrogen-bond donors (Lipinski definition) is 1. The summed E-state index contributed by atoms with van der Waals surface area (Å²) in [6, 6.07) is 10.8. The third-order valence-corrected chi connectivity index (χ3v) is 7.68. The number of fused-ring (bicyclic) bond motifs is 3. The van der Waals surface area contributed by atoms with Gasteiger partial charge in [-0.05, 0) is 37.1 Å². The summed E-state index contributed by atoms with van der Waals surface area (Å²) in [5, 5.41) is 6.42. The van der Waals surface area contributed by atoms with Gasteiger partial charge in [0.2, 0.25) is 5.91 Å². The summed E-state index contributed by atoms with van der Waals surface area (Å²) in [4.78, 5) is 11.9. The SMILES string of the molecule is CC(=O)N1N=C(c2cc(F)cc(F)c2)S[C@@]12c1ccccc1OCC21CC1CN. The first-order chi connectivity index (χ1) is 13.9. The maximum Gasteiger partial charge on any atom is 0.241 e. The van der Waals surface area contributed by atoms with Gasteiger partial charge in [-0.3, -0.25) is 4.79 Å². The predicted molar refractivity (Wildman–Crippen MR) is 106 cm³/mol. The second kappa shape index (κ2) is 6.27. The van der Waals surface area contributed by atoms with Gasteiger partial charge in [0.1, 0.15) is 22.4 Å². The Balaban J connectivity index is 1.71. The molecule has 0 radical (unpaired) electrons. The van der Waals surface area contributed by atoms with Crippen molar-refractivity contribution in [2.75, 3.05) is 13.2 Å². The highest BCUT2D eigenvalue weighted by molar-refractivity contribution is 8.15. The minimum absolute atomic E-state index is 0.156. The molecule has 3 aliphatic rings. The molecule has 0 bridgehead atoms. The van der Waals surface area contributed by atoms with E-state index in [1.807, 2.05) is 24.3 Å². The van der Waals surface area contributed by atoms with Crippen LogP contribution in [0.1, 0.15) is 24.5 Å². The number of nitrogens with zero attached hydrogens (tertiary/aromatic N) is 2. The van der Waals surface area contributed by atoms with Gasteiger partial charge in [-0.2, -0.15) is 5.10 Å². The fraction of sp³-hybridized carbons (Fsp3) is 0.333. The van der Waals surface area contributed by atoms with E-state index in [2.05, 4.69) is 5.10 Å². The zero-order valence-electron chi connectivity index (χ0n) is 15.7. The minimum Gasteiger partial charge on any atom is -0.492 e. The van der Waals surface area contributed by atoms with E-state index in [9.17, 15) is 13.6 Å². The smallest absolute Gasteiger partial charge is 0.241 e. The first-order valence-electron chi connectivity index (χ1n) is 9.38. The summed E-state index contributed by atoms with van der Waals surface area (Å²) in [6.45, 7) is 2.32. The normalized spacial score (nSPS) is 29.6. The Morgan fingerprint density at radius 3 is 2.69 bits per heavy atom. The zero-order chi connectivity index (χ0) is 20.4. The number of nitrogens with two attached hydrogens (primary N) is 1. The van der Waals surface area contributed by atoms with Crippen LogP contribution >= 0.6 is 11.8 Å². The molecule has 29 heavy (non-hydrogen) atoms. The molecular weight excluding hydrogens is 396 g/mol. The number of para-hydroxylation sites is 1. The number of benzene rings is 2. The van der Waals surface area contributed by atoms with Gasteiger partial charge in [0.25, 0.3) is 0 Å². The summed E-state index contributed by atoms with van der Waals surface area (Å²) < 4.78 is 33.8. The van der Waals surface area contributed by atoms with Crippen molar-refractivity contribution in [3.8, 4) is 5.75 Å². The standard InChI is InChI=1S/C21H19F2N3O2S/c1-12(27)26-21(29-19(25-26)13-6-15(22)8-16(23)7-13)17-4-2-3-5-18(17)28-11-20(21)9-14(20)10-24/h2-8,14H,9-11,24H2,1H3/t14?,20?,21-/m1/s1. The van der Waals surface area contributed by atoms with Crippen LogP contribution in [0.15, 0.2) is 47.6 Å². The number of carbonyl (C=O) groups excluding carboxylic acids is 1. The maximum atomic E-state index is 13.9. The van der Waals surface area contributed by atoms with Crippen molar-refractivity contribution in [2.45, 2.75) is 18.2 Å². The van der Waals surface area contributed by atoms with Crippen LogP contribution in [0.3, 0.4) is 0 Å². The number of rotatable bonds is 2. The van der Waals surface area contributed by atoms with Gasteiger partial charge in [0.15, 0.2) is 4.87 Å². The van der Waals surface area contributed by atoms with E-state index in [0.29, 0.717) is 29.5 Å². The van der Waals surface area contributed by atoms with Crippen LogP contribution in [-0.4, -0.2) is 29.1 Å². The number of carbonyl (C=O) groups is 1. The summed E-state index contributed by atoms with van der Waals surface area (Å²) in [5.74, 6) is -0.785. The zero-order valence-corrected chi connectivity index (χ0v) is 16.5. The first-order valence-corrected chi connectivity index (χ1v) is 10.2. The number of thioether (sulfide) groups is 1. The van der Waals surface area contributed by atoms with Gasteiger partial charge < -0.3 is 10.5 Å². The number of halogens is 2. The highest BCUT2D eigenvalue weighted by atomic mass is 32.2. The van der Waals surface area contributed by atoms with Gasteiger partial charge in [0, 0.05) is 29.5 Å². The Hall–Kier alpha value is -2.45. The maximum absolute atomic E-state index is 13.9. The Labute approximate surface area is 170 Å². The van der Waals surface area contributed by atoms with Gasteiger partial charge >= 0.3 is 0 Å². The molecule has 1 saturated carbocycles. The van der Waals surface area contributed by atoms with Crippen molar-refractivity contribution in [1.82, 2.24) is 5.01 Å². The van der Waals surface area contributed by atoms with E-state index in [4.69, 9.17) is 10.5 Å². The molecule has 8 heteroatoms. The fourth-order valence-corrected chi connectivity index (χ4v) is 6.34. The second-order valence-electron chi connectivity index (χ2n) is 7.72. The van der Waals surface area contributed by atoms with Crippen LogP contribution < -0.4 is 10.5 Å². The van der Waals surface area contributed by atoms with Crippen molar-refractivity contribution < 1.29 is 18.3 Å². The van der Waals surface area contributed by atoms with E-state index in [1.165, 1.54) is 35.8 Å². The number of hydrazone groups is 1. The molecule has 2 aromatic carbocycles. The van der Waals surface area contributed by atoms with Crippen LogP contribution in [0, 0.1) is 23.0 Å². The van der Waals surface area contributed by atoms with Crippen LogP contribution in [0.5, 0.6) is 5.75 Å². The molecule has 2 spiro atoms. The molecule has 0 aromatic heterocycles. The topological polar surface area (TPSA) is 67.9 Å². The Morgan fingerprint density at radius 2 is 2.03 bits per heavy atom. The molecule has 2 heterocycles. The molecule has 2 aliphatic heterocycles. The van der Waals surface area contributed by atoms with Crippen LogP contribution in [0.2, 0.25) is 0 Å². The lowest BCUT2D eigenvalue weighted by atomic mass is 9.84. The quantitative estimate of drug-likeness (QED) is 0.816. The van der Waals surface area contributed by atoms with E-state index in [1.54, 1.807) is 0 Å².